The lowest BCUT2D eigenvalue weighted by atomic mass is 10.2. The van der Waals surface area contributed by atoms with Crippen LogP contribution in [-0.2, 0) is 9.53 Å². The first kappa shape index (κ1) is 18.0. The topological polar surface area (TPSA) is 69.1 Å². The van der Waals surface area contributed by atoms with Crippen molar-refractivity contribution in [2.24, 2.45) is 0 Å². The van der Waals surface area contributed by atoms with Crippen LogP contribution in [0.25, 0.3) is 0 Å². The molecule has 0 saturated heterocycles. The molecule has 122 valence electrons. The van der Waals surface area contributed by atoms with Gasteiger partial charge < -0.3 is 14.4 Å². The molecule has 2 amide bonds. The van der Waals surface area contributed by atoms with Gasteiger partial charge in [0.2, 0.25) is 0 Å². The molecule has 1 aromatic rings. The van der Waals surface area contributed by atoms with Gasteiger partial charge in [-0.15, -0.1) is 0 Å². The van der Waals surface area contributed by atoms with Crippen LogP contribution in [0, 0.1) is 6.92 Å². The number of rotatable bonds is 8. The molecule has 22 heavy (non-hydrogen) atoms. The molecule has 2 N–H and O–H groups in total. The Morgan fingerprint density at radius 2 is 1.95 bits per heavy atom. The van der Waals surface area contributed by atoms with Crippen LogP contribution in [-0.4, -0.2) is 44.8 Å². The molecule has 0 aliphatic heterocycles. The molecule has 0 aliphatic carbocycles. The van der Waals surface area contributed by atoms with E-state index in [0.717, 1.165) is 22.8 Å². The number of carbonyl (C=O) groups is 2. The summed E-state index contributed by atoms with van der Waals surface area (Å²) >= 11 is 0. The van der Waals surface area contributed by atoms with Crippen molar-refractivity contribution in [1.29, 1.82) is 0 Å². The van der Waals surface area contributed by atoms with Crippen LogP contribution in [0.1, 0.15) is 19.4 Å². The number of quaternary nitrogens is 1. The first-order valence-electron chi connectivity index (χ1n) is 7.55. The number of amides is 2. The molecule has 1 rings (SSSR count). The zero-order chi connectivity index (χ0) is 16.4. The minimum atomic E-state index is -0.695. The number of nitrogens with one attached hydrogen (secondary N) is 2. The molecule has 0 spiro atoms. The Balaban J connectivity index is 2.34. The Labute approximate surface area is 131 Å². The van der Waals surface area contributed by atoms with Crippen LogP contribution in [0.5, 0.6) is 5.75 Å². The zero-order valence-corrected chi connectivity index (χ0v) is 13.5. The molecular formula is C16H25N2O4+. The number of likely N-dealkylation sites (N-methyl/N-ethyl adjacent to an activating group) is 1. The number of hydrogen-bond acceptors (Lipinski definition) is 4. The Bertz CT molecular complexity index is 491. The smallest absolute Gasteiger partial charge is 0.414 e. The highest BCUT2D eigenvalue weighted by atomic mass is 16.5. The summed E-state index contributed by atoms with van der Waals surface area (Å²) < 4.78 is 10.4. The maximum atomic E-state index is 11.7. The van der Waals surface area contributed by atoms with Gasteiger partial charge >= 0.3 is 6.09 Å². The van der Waals surface area contributed by atoms with Gasteiger partial charge in [-0.1, -0.05) is 18.2 Å². The first-order chi connectivity index (χ1) is 10.6. The maximum absolute atomic E-state index is 11.7. The molecule has 0 radical (unpaired) electrons. The van der Waals surface area contributed by atoms with Gasteiger partial charge in [-0.2, -0.15) is 0 Å². The second-order valence-electron chi connectivity index (χ2n) is 4.91. The second-order valence-corrected chi connectivity index (χ2v) is 4.91. The van der Waals surface area contributed by atoms with Gasteiger partial charge in [0.15, 0.2) is 6.54 Å². The van der Waals surface area contributed by atoms with Gasteiger partial charge in [-0.25, -0.2) is 4.79 Å². The van der Waals surface area contributed by atoms with E-state index in [-0.39, 0.29) is 19.1 Å². The summed E-state index contributed by atoms with van der Waals surface area (Å²) in [6.07, 6.45) is -0.695. The fourth-order valence-corrected chi connectivity index (χ4v) is 1.97. The van der Waals surface area contributed by atoms with Crippen LogP contribution < -0.4 is 15.0 Å². The normalized spacial score (nSPS) is 11.6. The quantitative estimate of drug-likeness (QED) is 0.736. The molecule has 0 bridgehead atoms. The Hall–Kier alpha value is -2.08. The van der Waals surface area contributed by atoms with Gasteiger partial charge in [0.25, 0.3) is 5.91 Å². The van der Waals surface area contributed by atoms with E-state index in [2.05, 4.69) is 10.1 Å². The summed E-state index contributed by atoms with van der Waals surface area (Å²) in [7, 11) is 0. The molecule has 0 aromatic heterocycles. The molecule has 0 fully saturated rings. The van der Waals surface area contributed by atoms with Crippen LogP contribution in [0.3, 0.4) is 0 Å². The molecule has 0 aliphatic rings. The molecule has 6 nitrogen and oxygen atoms in total. The number of hydrogen-bond donors (Lipinski definition) is 2. The average Bonchev–Trinajstić information content (AvgIpc) is 2.48. The van der Waals surface area contributed by atoms with E-state index in [0.29, 0.717) is 13.2 Å². The number of imide groups is 1. The summed E-state index contributed by atoms with van der Waals surface area (Å²) in [5.74, 6) is 0.514. The van der Waals surface area contributed by atoms with Crippen molar-refractivity contribution in [1.82, 2.24) is 5.32 Å². The number of ether oxygens (including phenoxy) is 2. The van der Waals surface area contributed by atoms with Crippen molar-refractivity contribution >= 4 is 12.0 Å². The van der Waals surface area contributed by atoms with Crippen molar-refractivity contribution in [3.05, 3.63) is 29.8 Å². The molecule has 1 atom stereocenters. The minimum Gasteiger partial charge on any atom is -0.487 e. The summed E-state index contributed by atoms with van der Waals surface area (Å²) in [4.78, 5) is 23.9. The highest BCUT2D eigenvalue weighted by molar-refractivity contribution is 5.92. The van der Waals surface area contributed by atoms with E-state index < -0.39 is 6.09 Å². The Morgan fingerprint density at radius 3 is 2.59 bits per heavy atom. The summed E-state index contributed by atoms with van der Waals surface area (Å²) in [6, 6.07) is 7.81. The maximum Gasteiger partial charge on any atom is 0.414 e. The van der Waals surface area contributed by atoms with Gasteiger partial charge in [-0.05, 0) is 32.4 Å². The summed E-state index contributed by atoms with van der Waals surface area (Å²) in [5.41, 5.74) is 1.08. The lowest BCUT2D eigenvalue weighted by Crippen LogP contribution is -3.13. The highest BCUT2D eigenvalue weighted by Gasteiger charge is 2.15. The van der Waals surface area contributed by atoms with Gasteiger partial charge in [0.05, 0.1) is 13.2 Å². The van der Waals surface area contributed by atoms with Crippen molar-refractivity contribution in [2.45, 2.75) is 20.8 Å². The first-order valence-corrected chi connectivity index (χ1v) is 7.55. The van der Waals surface area contributed by atoms with Crippen LogP contribution in [0.4, 0.5) is 4.79 Å². The number of aryl methyl sites for hydroxylation is 1. The number of benzene rings is 1. The van der Waals surface area contributed by atoms with Crippen molar-refractivity contribution < 1.29 is 24.0 Å². The number of para-hydroxylation sites is 1. The average molecular weight is 309 g/mol. The fraction of sp³-hybridized carbons (Fsp3) is 0.500. The van der Waals surface area contributed by atoms with Crippen molar-refractivity contribution in [3.8, 4) is 5.75 Å². The van der Waals surface area contributed by atoms with E-state index in [1.54, 1.807) is 6.92 Å². The summed E-state index contributed by atoms with van der Waals surface area (Å²) in [5, 5.41) is 2.20. The van der Waals surface area contributed by atoms with E-state index in [9.17, 15) is 9.59 Å². The van der Waals surface area contributed by atoms with E-state index >= 15 is 0 Å². The fourth-order valence-electron chi connectivity index (χ4n) is 1.97. The number of carbonyl (C=O) groups excluding carboxylic acids is 2. The SMILES string of the molecule is CCOC(=O)NC(=O)C[NH+](CC)CCOc1ccccc1C. The van der Waals surface area contributed by atoms with Crippen LogP contribution in [0.15, 0.2) is 24.3 Å². The van der Waals surface area contributed by atoms with Crippen molar-refractivity contribution in [2.75, 3.05) is 32.8 Å². The zero-order valence-electron chi connectivity index (χ0n) is 13.5. The molecule has 0 heterocycles. The predicted octanol–water partition coefficient (Wildman–Crippen LogP) is 0.551. The lowest BCUT2D eigenvalue weighted by molar-refractivity contribution is -0.890. The Morgan fingerprint density at radius 1 is 1.23 bits per heavy atom. The molecular weight excluding hydrogens is 284 g/mol. The summed E-state index contributed by atoms with van der Waals surface area (Å²) in [6.45, 7) is 8.10. The molecule has 6 heteroatoms. The van der Waals surface area contributed by atoms with Crippen LogP contribution in [0.2, 0.25) is 0 Å². The molecule has 0 saturated carbocycles. The van der Waals surface area contributed by atoms with Gasteiger partial charge in [0, 0.05) is 0 Å². The lowest BCUT2D eigenvalue weighted by Gasteiger charge is -2.17. The largest absolute Gasteiger partial charge is 0.487 e. The highest BCUT2D eigenvalue weighted by Crippen LogP contribution is 2.15. The monoisotopic (exact) mass is 309 g/mol. The molecule has 1 unspecified atom stereocenters. The van der Waals surface area contributed by atoms with E-state index in [1.807, 2.05) is 38.1 Å². The van der Waals surface area contributed by atoms with Crippen molar-refractivity contribution in [3.63, 3.8) is 0 Å². The third kappa shape index (κ3) is 6.58. The second kappa shape index (κ2) is 9.78. The third-order valence-corrected chi connectivity index (χ3v) is 3.23. The van der Waals surface area contributed by atoms with E-state index in [1.165, 1.54) is 0 Å². The molecule has 1 aromatic carbocycles. The van der Waals surface area contributed by atoms with Crippen LogP contribution >= 0.6 is 0 Å². The van der Waals surface area contributed by atoms with Gasteiger partial charge in [-0.3, -0.25) is 10.1 Å². The Kier molecular flexibility index (Phi) is 7.99. The van der Waals surface area contributed by atoms with Gasteiger partial charge in [0.1, 0.15) is 18.9 Å². The number of alkyl carbamates (subject to hydrolysis) is 1. The van der Waals surface area contributed by atoms with E-state index in [4.69, 9.17) is 4.74 Å². The standard InChI is InChI=1S/C16H24N2O4/c1-4-18(12-15(19)17-16(20)21-5-2)10-11-22-14-9-7-6-8-13(14)3/h6-9H,4-5,10-12H2,1-3H3,(H,17,19,20)/p+1. The third-order valence-electron chi connectivity index (χ3n) is 3.23. The minimum absolute atomic E-state index is 0.215. The predicted molar refractivity (Wildman–Crippen MR) is 83.1 cm³/mol.